The summed E-state index contributed by atoms with van der Waals surface area (Å²) >= 11 is 0. The van der Waals surface area contributed by atoms with Crippen molar-refractivity contribution in [1.82, 2.24) is 4.98 Å². The predicted octanol–water partition coefficient (Wildman–Crippen LogP) is 0.972. The molecule has 1 fully saturated rings. The molecule has 6 heteroatoms. The second kappa shape index (κ2) is 4.91. The number of anilines is 2. The normalized spacial score (nSPS) is 19.0. The van der Waals surface area contributed by atoms with Gasteiger partial charge in [0.15, 0.2) is 0 Å². The molecule has 17 heavy (non-hydrogen) atoms. The number of aromatic nitrogens is 1. The molecule has 1 aromatic rings. The van der Waals surface area contributed by atoms with Crippen LogP contribution >= 0.6 is 0 Å². The summed E-state index contributed by atoms with van der Waals surface area (Å²) in [7, 11) is -1.96. The summed E-state index contributed by atoms with van der Waals surface area (Å²) in [6.07, 6.45) is 1.65. The lowest BCUT2D eigenvalue weighted by molar-refractivity contribution is 0.663. The lowest BCUT2D eigenvalue weighted by atomic mass is 10.4. The first kappa shape index (κ1) is 12.2. The maximum absolute atomic E-state index is 12.2. The Morgan fingerprint density at radius 2 is 2.18 bits per heavy atom. The van der Waals surface area contributed by atoms with Crippen molar-refractivity contribution < 1.29 is 4.21 Å². The van der Waals surface area contributed by atoms with E-state index in [2.05, 4.69) is 14.2 Å². The smallest absolute Gasteiger partial charge is 0.128 e. The van der Waals surface area contributed by atoms with E-state index in [1.165, 1.54) is 0 Å². The third-order valence-corrected chi connectivity index (χ3v) is 5.19. The highest BCUT2D eigenvalue weighted by Crippen LogP contribution is 2.16. The standard InChI is InChI=1S/C11H18N4OS/c1-2-14-17(16)7-5-15(6-8-17)11-4-3-10(12)9-13-11/h3-4,9H,2,5-8,12H2,1H3. The van der Waals surface area contributed by atoms with Crippen LogP contribution < -0.4 is 10.6 Å². The zero-order valence-corrected chi connectivity index (χ0v) is 10.8. The van der Waals surface area contributed by atoms with E-state index in [-0.39, 0.29) is 0 Å². The first-order valence-corrected chi connectivity index (χ1v) is 7.63. The van der Waals surface area contributed by atoms with E-state index in [0.29, 0.717) is 23.7 Å². The lowest BCUT2D eigenvalue weighted by Crippen LogP contribution is -2.40. The van der Waals surface area contributed by atoms with Crippen molar-refractivity contribution in [3.63, 3.8) is 0 Å². The number of nitrogens with two attached hydrogens (primary N) is 1. The van der Waals surface area contributed by atoms with Crippen LogP contribution in [0.25, 0.3) is 0 Å². The minimum Gasteiger partial charge on any atom is -0.397 e. The van der Waals surface area contributed by atoms with Gasteiger partial charge in [0, 0.05) is 31.1 Å². The van der Waals surface area contributed by atoms with E-state index < -0.39 is 9.73 Å². The zero-order valence-electron chi connectivity index (χ0n) is 10.0. The minimum atomic E-state index is -1.96. The van der Waals surface area contributed by atoms with Crippen LogP contribution in [0.1, 0.15) is 6.92 Å². The van der Waals surface area contributed by atoms with Crippen molar-refractivity contribution in [1.29, 1.82) is 0 Å². The van der Waals surface area contributed by atoms with Crippen LogP contribution in [0, 0.1) is 0 Å². The molecule has 0 atom stereocenters. The fourth-order valence-corrected chi connectivity index (χ4v) is 3.84. The summed E-state index contributed by atoms with van der Waals surface area (Å²) in [5, 5.41) is 0. The molecule has 94 valence electrons. The topological polar surface area (TPSA) is 71.6 Å². The Kier molecular flexibility index (Phi) is 3.51. The third kappa shape index (κ3) is 2.88. The van der Waals surface area contributed by atoms with Crippen LogP contribution in [0.4, 0.5) is 11.5 Å². The molecule has 2 heterocycles. The zero-order chi connectivity index (χ0) is 12.3. The highest BCUT2D eigenvalue weighted by atomic mass is 32.2. The number of nitrogen functional groups attached to an aromatic ring is 1. The van der Waals surface area contributed by atoms with Crippen molar-refractivity contribution in [3.8, 4) is 0 Å². The molecule has 0 aliphatic carbocycles. The Labute approximate surface area is 102 Å². The van der Waals surface area contributed by atoms with Gasteiger partial charge in [0.25, 0.3) is 0 Å². The highest BCUT2D eigenvalue weighted by Gasteiger charge is 2.20. The van der Waals surface area contributed by atoms with Gasteiger partial charge in [0.05, 0.1) is 21.6 Å². The third-order valence-electron chi connectivity index (χ3n) is 2.82. The second-order valence-electron chi connectivity index (χ2n) is 4.06. The number of hydrogen-bond donors (Lipinski definition) is 1. The largest absolute Gasteiger partial charge is 0.397 e. The summed E-state index contributed by atoms with van der Waals surface area (Å²) in [4.78, 5) is 6.41. The van der Waals surface area contributed by atoms with Crippen LogP contribution in [-0.2, 0) is 9.73 Å². The Morgan fingerprint density at radius 1 is 1.47 bits per heavy atom. The predicted molar refractivity (Wildman–Crippen MR) is 71.7 cm³/mol. The molecule has 1 saturated heterocycles. The van der Waals surface area contributed by atoms with Crippen molar-refractivity contribution in [2.75, 3.05) is 41.8 Å². The van der Waals surface area contributed by atoms with Gasteiger partial charge in [-0.15, -0.1) is 0 Å². The monoisotopic (exact) mass is 254 g/mol. The van der Waals surface area contributed by atoms with Gasteiger partial charge in [0.1, 0.15) is 5.82 Å². The molecular weight excluding hydrogens is 236 g/mol. The SMILES string of the molecule is CCN=S1(=O)CCN(c2ccc(N)cn2)CC1. The first-order valence-electron chi connectivity index (χ1n) is 5.78. The molecule has 5 nitrogen and oxygen atoms in total. The Balaban J connectivity index is 2.07. The molecular formula is C11H18N4OS. The summed E-state index contributed by atoms with van der Waals surface area (Å²) in [5.74, 6) is 2.16. The molecule has 2 rings (SSSR count). The Hall–Kier alpha value is -1.30. The fourth-order valence-electron chi connectivity index (χ4n) is 1.90. The maximum Gasteiger partial charge on any atom is 0.128 e. The van der Waals surface area contributed by atoms with Gasteiger partial charge >= 0.3 is 0 Å². The lowest BCUT2D eigenvalue weighted by Gasteiger charge is -2.29. The molecule has 0 radical (unpaired) electrons. The number of nitrogens with zero attached hydrogens (tertiary/aromatic N) is 3. The van der Waals surface area contributed by atoms with E-state index in [4.69, 9.17) is 5.73 Å². The van der Waals surface area contributed by atoms with Gasteiger partial charge in [-0.2, -0.15) is 0 Å². The van der Waals surface area contributed by atoms with E-state index in [1.54, 1.807) is 6.20 Å². The molecule has 0 spiro atoms. The van der Waals surface area contributed by atoms with Gasteiger partial charge in [0.2, 0.25) is 0 Å². The van der Waals surface area contributed by atoms with Gasteiger partial charge in [-0.1, -0.05) is 0 Å². The molecule has 2 N–H and O–H groups in total. The van der Waals surface area contributed by atoms with Gasteiger partial charge in [-0.05, 0) is 19.1 Å². The van der Waals surface area contributed by atoms with Crippen LogP contribution in [0.15, 0.2) is 22.7 Å². The van der Waals surface area contributed by atoms with Gasteiger partial charge in [-0.25, -0.2) is 13.6 Å². The van der Waals surface area contributed by atoms with Gasteiger partial charge < -0.3 is 10.6 Å². The van der Waals surface area contributed by atoms with Crippen molar-refractivity contribution in [2.45, 2.75) is 6.92 Å². The average Bonchev–Trinajstić information content (AvgIpc) is 2.31. The molecule has 1 aliphatic heterocycles. The molecule has 0 bridgehead atoms. The summed E-state index contributed by atoms with van der Waals surface area (Å²) in [5.41, 5.74) is 6.26. The summed E-state index contributed by atoms with van der Waals surface area (Å²) in [6.45, 7) is 4.07. The summed E-state index contributed by atoms with van der Waals surface area (Å²) < 4.78 is 16.4. The molecule has 0 unspecified atom stereocenters. The number of rotatable bonds is 2. The van der Waals surface area contributed by atoms with Gasteiger partial charge in [-0.3, -0.25) is 0 Å². The molecule has 0 aromatic carbocycles. The Morgan fingerprint density at radius 3 is 2.71 bits per heavy atom. The molecule has 0 amide bonds. The van der Waals surface area contributed by atoms with E-state index >= 15 is 0 Å². The average molecular weight is 254 g/mol. The molecule has 1 aliphatic rings. The maximum atomic E-state index is 12.2. The van der Waals surface area contributed by atoms with Crippen LogP contribution in [0.3, 0.4) is 0 Å². The highest BCUT2D eigenvalue weighted by molar-refractivity contribution is 7.93. The van der Waals surface area contributed by atoms with Crippen LogP contribution in [0.5, 0.6) is 0 Å². The van der Waals surface area contributed by atoms with E-state index in [0.717, 1.165) is 18.9 Å². The van der Waals surface area contributed by atoms with Crippen LogP contribution in [-0.4, -0.2) is 40.3 Å². The Bertz CT molecular complexity index is 477. The fraction of sp³-hybridized carbons (Fsp3) is 0.545. The van der Waals surface area contributed by atoms with Crippen LogP contribution in [0.2, 0.25) is 0 Å². The summed E-state index contributed by atoms with van der Waals surface area (Å²) in [6, 6.07) is 3.74. The van der Waals surface area contributed by atoms with Crippen molar-refractivity contribution >= 4 is 21.2 Å². The number of hydrogen-bond acceptors (Lipinski definition) is 5. The van der Waals surface area contributed by atoms with Crippen molar-refractivity contribution in [3.05, 3.63) is 18.3 Å². The molecule has 0 saturated carbocycles. The second-order valence-corrected chi connectivity index (χ2v) is 6.68. The van der Waals surface area contributed by atoms with E-state index in [9.17, 15) is 4.21 Å². The quantitative estimate of drug-likeness (QED) is 0.853. The number of pyridine rings is 1. The van der Waals surface area contributed by atoms with Crippen molar-refractivity contribution in [2.24, 2.45) is 4.36 Å². The van der Waals surface area contributed by atoms with E-state index in [1.807, 2.05) is 19.1 Å². The first-order chi connectivity index (χ1) is 8.13. The minimum absolute atomic E-state index is 0.632. The molecule has 1 aromatic heterocycles.